The molecule has 1 N–H and O–H groups in total. The average molecular weight is 631 g/mol. The highest BCUT2D eigenvalue weighted by atomic mass is 35.5. The van der Waals surface area contributed by atoms with Crippen molar-refractivity contribution >= 4 is 50.7 Å². The summed E-state index contributed by atoms with van der Waals surface area (Å²) in [4.78, 5) is 29.4. The molecule has 1 fully saturated rings. The summed E-state index contributed by atoms with van der Waals surface area (Å²) in [6, 6.07) is 17.8. The van der Waals surface area contributed by atoms with E-state index in [-0.39, 0.29) is 23.4 Å². The highest BCUT2D eigenvalue weighted by Gasteiger charge is 2.35. The Morgan fingerprint density at radius 1 is 0.952 bits per heavy atom. The highest BCUT2D eigenvalue weighted by molar-refractivity contribution is 7.92. The Labute approximate surface area is 258 Å². The minimum atomic E-state index is -4.13. The van der Waals surface area contributed by atoms with Gasteiger partial charge in [-0.2, -0.15) is 0 Å². The lowest BCUT2D eigenvalue weighted by molar-refractivity contribution is -0.140. The summed E-state index contributed by atoms with van der Waals surface area (Å²) < 4.78 is 29.2. The number of carbonyl (C=O) groups excluding carboxylic acids is 2. The van der Waals surface area contributed by atoms with E-state index in [2.05, 4.69) is 5.32 Å². The molecule has 0 saturated heterocycles. The third-order valence-corrected chi connectivity index (χ3v) is 10.2. The fourth-order valence-electron chi connectivity index (χ4n) is 5.44. The second-order valence-electron chi connectivity index (χ2n) is 10.8. The summed E-state index contributed by atoms with van der Waals surface area (Å²) in [5, 5.41) is 3.82. The number of rotatable bonds is 11. The maximum absolute atomic E-state index is 14.3. The minimum Gasteiger partial charge on any atom is -0.352 e. The van der Waals surface area contributed by atoms with E-state index in [1.54, 1.807) is 42.5 Å². The fourth-order valence-corrected chi connectivity index (χ4v) is 7.26. The van der Waals surface area contributed by atoms with Gasteiger partial charge in [-0.3, -0.25) is 13.9 Å². The summed E-state index contributed by atoms with van der Waals surface area (Å²) in [5.41, 5.74) is 2.75. The first-order chi connectivity index (χ1) is 20.0. The van der Waals surface area contributed by atoms with Gasteiger partial charge in [0, 0.05) is 12.6 Å². The van der Waals surface area contributed by atoms with Gasteiger partial charge < -0.3 is 10.2 Å². The normalized spacial score (nSPS) is 14.4. The van der Waals surface area contributed by atoms with E-state index in [0.29, 0.717) is 33.3 Å². The number of sulfonamides is 1. The van der Waals surface area contributed by atoms with Crippen molar-refractivity contribution < 1.29 is 18.0 Å². The van der Waals surface area contributed by atoms with Gasteiger partial charge in [-0.1, -0.05) is 84.9 Å². The van der Waals surface area contributed by atoms with Crippen LogP contribution in [0.25, 0.3) is 0 Å². The van der Waals surface area contributed by atoms with Crippen LogP contribution in [0.4, 0.5) is 5.69 Å². The number of aryl methyl sites for hydroxylation is 2. The van der Waals surface area contributed by atoms with Crippen molar-refractivity contribution in [1.82, 2.24) is 10.2 Å². The van der Waals surface area contributed by atoms with Gasteiger partial charge in [0.2, 0.25) is 11.8 Å². The average Bonchev–Trinajstić information content (AvgIpc) is 3.47. The molecule has 0 spiro atoms. The molecule has 3 aromatic rings. The largest absolute Gasteiger partial charge is 0.352 e. The summed E-state index contributed by atoms with van der Waals surface area (Å²) in [5.74, 6) is -0.754. The molecule has 2 amide bonds. The van der Waals surface area contributed by atoms with Gasteiger partial charge in [-0.25, -0.2) is 8.42 Å². The number of hydrogen-bond acceptors (Lipinski definition) is 4. The van der Waals surface area contributed by atoms with E-state index in [1.807, 2.05) is 32.9 Å². The number of amides is 2. The lowest BCUT2D eigenvalue weighted by atomic mass is 10.1. The van der Waals surface area contributed by atoms with E-state index < -0.39 is 28.5 Å². The second-order valence-corrected chi connectivity index (χ2v) is 13.5. The van der Waals surface area contributed by atoms with Gasteiger partial charge >= 0.3 is 0 Å². The molecule has 10 heteroatoms. The molecule has 3 aromatic carbocycles. The van der Waals surface area contributed by atoms with Gasteiger partial charge in [0.05, 0.1) is 20.6 Å². The molecule has 0 unspecified atom stereocenters. The number of nitrogens with one attached hydrogen (secondary N) is 1. The molecule has 1 aliphatic rings. The smallest absolute Gasteiger partial charge is 0.264 e. The van der Waals surface area contributed by atoms with E-state index in [1.165, 1.54) is 17.0 Å². The first-order valence-corrected chi connectivity index (χ1v) is 16.4. The molecule has 0 heterocycles. The lowest BCUT2D eigenvalue weighted by Crippen LogP contribution is -2.53. The van der Waals surface area contributed by atoms with Crippen LogP contribution in [0.15, 0.2) is 71.6 Å². The summed E-state index contributed by atoms with van der Waals surface area (Å²) >= 11 is 12.4. The van der Waals surface area contributed by atoms with Gasteiger partial charge in [0.1, 0.15) is 12.6 Å². The van der Waals surface area contributed by atoms with Crippen LogP contribution in [0.1, 0.15) is 55.7 Å². The Balaban J connectivity index is 1.74. The highest BCUT2D eigenvalue weighted by Crippen LogP contribution is 2.29. The molecular weight excluding hydrogens is 593 g/mol. The Kier molecular flexibility index (Phi) is 10.6. The van der Waals surface area contributed by atoms with Crippen molar-refractivity contribution in [2.75, 3.05) is 10.8 Å². The minimum absolute atomic E-state index is 0.0540. The third kappa shape index (κ3) is 7.46. The van der Waals surface area contributed by atoms with E-state index in [9.17, 15) is 18.0 Å². The molecule has 224 valence electrons. The number of carbonyl (C=O) groups is 2. The number of benzene rings is 3. The number of anilines is 1. The predicted molar refractivity (Wildman–Crippen MR) is 168 cm³/mol. The molecule has 42 heavy (non-hydrogen) atoms. The first-order valence-electron chi connectivity index (χ1n) is 14.2. The van der Waals surface area contributed by atoms with Crippen LogP contribution in [0, 0.1) is 13.8 Å². The molecule has 0 aromatic heterocycles. The Bertz CT molecular complexity index is 1530. The predicted octanol–water partition coefficient (Wildman–Crippen LogP) is 6.67. The van der Waals surface area contributed by atoms with Crippen molar-refractivity contribution in [2.24, 2.45) is 0 Å². The standard InChI is InChI=1S/C32H37Cl2N3O4S/c1-4-29(32(39)35-25-10-8-9-11-25)36(20-24-15-16-27(33)28(34)19-24)31(38)21-37(30-17-14-22(2)18-23(30)3)42(40,41)26-12-6-5-7-13-26/h5-7,12-19,25,29H,4,8-11,20-21H2,1-3H3,(H,35,39)/t29-/m1/s1. The summed E-state index contributed by atoms with van der Waals surface area (Å²) in [6.45, 7) is 5.15. The number of nitrogens with zero attached hydrogens (tertiary/aromatic N) is 2. The maximum atomic E-state index is 14.3. The van der Waals surface area contributed by atoms with E-state index in [0.717, 1.165) is 35.6 Å². The molecule has 7 nitrogen and oxygen atoms in total. The molecule has 0 bridgehead atoms. The molecule has 4 rings (SSSR count). The molecular formula is C32H37Cl2N3O4S. The van der Waals surface area contributed by atoms with Crippen molar-refractivity contribution in [1.29, 1.82) is 0 Å². The quantitative estimate of drug-likeness (QED) is 0.256. The number of halogens is 2. The molecule has 0 aliphatic heterocycles. The molecule has 1 aliphatic carbocycles. The van der Waals surface area contributed by atoms with Crippen LogP contribution in [0.5, 0.6) is 0 Å². The Morgan fingerprint density at radius 2 is 1.64 bits per heavy atom. The molecule has 0 radical (unpaired) electrons. The van der Waals surface area contributed by atoms with Crippen molar-refractivity contribution in [3.8, 4) is 0 Å². The Morgan fingerprint density at radius 3 is 2.26 bits per heavy atom. The van der Waals surface area contributed by atoms with Crippen LogP contribution < -0.4 is 9.62 Å². The fraction of sp³-hybridized carbons (Fsp3) is 0.375. The summed E-state index contributed by atoms with van der Waals surface area (Å²) in [7, 11) is -4.13. The van der Waals surface area contributed by atoms with Crippen molar-refractivity contribution in [2.45, 2.75) is 76.4 Å². The van der Waals surface area contributed by atoms with Crippen molar-refractivity contribution in [3.05, 3.63) is 93.5 Å². The maximum Gasteiger partial charge on any atom is 0.264 e. The first kappa shape index (κ1) is 31.9. The van der Waals surface area contributed by atoms with Crippen molar-refractivity contribution in [3.63, 3.8) is 0 Å². The number of hydrogen-bond donors (Lipinski definition) is 1. The lowest BCUT2D eigenvalue weighted by Gasteiger charge is -2.34. The van der Waals surface area contributed by atoms with Crippen LogP contribution >= 0.6 is 23.2 Å². The van der Waals surface area contributed by atoms with Gasteiger partial charge in [-0.05, 0) is 74.6 Å². The Hall–Kier alpha value is -3.07. The van der Waals surface area contributed by atoms with E-state index in [4.69, 9.17) is 23.2 Å². The van der Waals surface area contributed by atoms with Crippen LogP contribution in [0.2, 0.25) is 10.0 Å². The van der Waals surface area contributed by atoms with Gasteiger partial charge in [0.25, 0.3) is 10.0 Å². The topological polar surface area (TPSA) is 86.8 Å². The monoisotopic (exact) mass is 629 g/mol. The zero-order valence-electron chi connectivity index (χ0n) is 24.1. The molecule has 1 saturated carbocycles. The SMILES string of the molecule is CC[C@H](C(=O)NC1CCCC1)N(Cc1ccc(Cl)c(Cl)c1)C(=O)CN(c1ccc(C)cc1C)S(=O)(=O)c1ccccc1. The third-order valence-electron chi connectivity index (χ3n) is 7.66. The van der Waals surface area contributed by atoms with E-state index >= 15 is 0 Å². The zero-order chi connectivity index (χ0) is 30.4. The summed E-state index contributed by atoms with van der Waals surface area (Å²) in [6.07, 6.45) is 4.25. The zero-order valence-corrected chi connectivity index (χ0v) is 26.5. The van der Waals surface area contributed by atoms with Gasteiger partial charge in [0.15, 0.2) is 0 Å². The molecule has 1 atom stereocenters. The van der Waals surface area contributed by atoms with Crippen LogP contribution in [-0.2, 0) is 26.2 Å². The second kappa shape index (κ2) is 13.9. The van der Waals surface area contributed by atoms with Gasteiger partial charge in [-0.15, -0.1) is 0 Å². The van der Waals surface area contributed by atoms with Crippen LogP contribution in [0.3, 0.4) is 0 Å². The van der Waals surface area contributed by atoms with Crippen LogP contribution in [-0.4, -0.2) is 43.8 Å².